The molecular weight excluding hydrogens is 650 g/mol. The highest BCUT2D eigenvalue weighted by molar-refractivity contribution is 5.98. The molecule has 2 aliphatic rings. The first-order valence-electron chi connectivity index (χ1n) is 17.2. The topological polar surface area (TPSA) is 238 Å². The van der Waals surface area contributed by atoms with Gasteiger partial charge in [0.2, 0.25) is 35.4 Å². The van der Waals surface area contributed by atoms with Crippen molar-refractivity contribution in [2.75, 3.05) is 19.7 Å². The molecule has 16 nitrogen and oxygen atoms in total. The molecule has 0 aromatic heterocycles. The van der Waals surface area contributed by atoms with Crippen LogP contribution in [-0.2, 0) is 39.9 Å². The van der Waals surface area contributed by atoms with Crippen LogP contribution in [0.3, 0.4) is 0 Å². The number of carbonyl (C=O) groups is 7. The molecule has 1 aromatic rings. The number of nitrogens with one attached hydrogen (secondary N) is 5. The number of aromatic hydroxyl groups is 1. The number of cyclic esters (lactones) is 1. The van der Waals surface area contributed by atoms with Crippen molar-refractivity contribution in [1.29, 1.82) is 0 Å². The second kappa shape index (κ2) is 18.8. The average Bonchev–Trinajstić information content (AvgIpc) is 3.55. The van der Waals surface area contributed by atoms with E-state index in [4.69, 9.17) is 10.5 Å². The number of ether oxygens (including phenoxy) is 1. The van der Waals surface area contributed by atoms with E-state index < -0.39 is 84.1 Å². The molecule has 5 atom stereocenters. The van der Waals surface area contributed by atoms with Crippen molar-refractivity contribution >= 4 is 41.5 Å². The molecule has 1 aromatic carbocycles. The monoisotopic (exact) mass is 701 g/mol. The zero-order chi connectivity index (χ0) is 37.0. The molecule has 0 spiro atoms. The van der Waals surface area contributed by atoms with Crippen molar-refractivity contribution in [3.8, 4) is 5.75 Å². The number of phenols is 1. The molecule has 0 saturated carbocycles. The van der Waals surface area contributed by atoms with Gasteiger partial charge in [-0.25, -0.2) is 4.79 Å². The number of rotatable bonds is 6. The molecule has 0 radical (unpaired) electrons. The number of nitrogens with two attached hydrogens (primary N) is 1. The molecule has 16 heteroatoms. The normalized spacial score (nSPS) is 25.5. The third kappa shape index (κ3) is 11.6. The van der Waals surface area contributed by atoms with Crippen molar-refractivity contribution in [2.24, 2.45) is 17.6 Å². The third-order valence-electron chi connectivity index (χ3n) is 8.69. The maximum atomic E-state index is 13.8. The number of amides is 7. The molecule has 0 aliphatic carbocycles. The number of nitrogens with zero attached hydrogens (tertiary/aromatic N) is 1. The van der Waals surface area contributed by atoms with Crippen LogP contribution in [0, 0.1) is 11.8 Å². The summed E-state index contributed by atoms with van der Waals surface area (Å²) in [6.45, 7) is 7.48. The summed E-state index contributed by atoms with van der Waals surface area (Å²) >= 11 is 0. The van der Waals surface area contributed by atoms with E-state index in [0.717, 1.165) is 0 Å². The Balaban J connectivity index is 1.92. The number of phenolic OH excluding ortho intramolecular Hbond substituents is 1. The lowest BCUT2D eigenvalue weighted by Gasteiger charge is -2.32. The Labute approximate surface area is 292 Å². The molecular formula is C34H51N7O9. The molecule has 50 heavy (non-hydrogen) atoms. The molecule has 0 bridgehead atoms. The highest BCUT2D eigenvalue weighted by Crippen LogP contribution is 2.21. The molecule has 2 aliphatic heterocycles. The summed E-state index contributed by atoms with van der Waals surface area (Å²) in [5.41, 5.74) is 6.03. The summed E-state index contributed by atoms with van der Waals surface area (Å²) in [5.74, 6) is -4.96. The summed E-state index contributed by atoms with van der Waals surface area (Å²) in [6, 6.07) is 0.314. The lowest BCUT2D eigenvalue weighted by Crippen LogP contribution is -2.61. The van der Waals surface area contributed by atoms with Crippen LogP contribution in [-0.4, -0.2) is 101 Å². The Morgan fingerprint density at radius 1 is 0.820 bits per heavy atom. The van der Waals surface area contributed by atoms with E-state index in [1.54, 1.807) is 39.8 Å². The largest absolute Gasteiger partial charge is 0.508 e. The van der Waals surface area contributed by atoms with Crippen LogP contribution >= 0.6 is 0 Å². The first kappa shape index (κ1) is 39.5. The zero-order valence-electron chi connectivity index (χ0n) is 29.2. The van der Waals surface area contributed by atoms with Crippen LogP contribution in [0.2, 0.25) is 0 Å². The molecule has 3 rings (SSSR count). The first-order valence-corrected chi connectivity index (χ1v) is 17.2. The minimum Gasteiger partial charge on any atom is -0.508 e. The quantitative estimate of drug-likeness (QED) is 0.210. The van der Waals surface area contributed by atoms with Gasteiger partial charge in [-0.2, -0.15) is 0 Å². The number of hydrogen-bond donors (Lipinski definition) is 7. The molecule has 7 amide bonds. The number of primary amides is 1. The van der Waals surface area contributed by atoms with Crippen molar-refractivity contribution in [2.45, 2.75) is 103 Å². The highest BCUT2D eigenvalue weighted by atomic mass is 16.5. The van der Waals surface area contributed by atoms with E-state index in [0.29, 0.717) is 50.8 Å². The van der Waals surface area contributed by atoms with Crippen molar-refractivity contribution in [3.63, 3.8) is 0 Å². The minimum absolute atomic E-state index is 0.0112. The Kier molecular flexibility index (Phi) is 14.8. The Bertz CT molecular complexity index is 1390. The van der Waals surface area contributed by atoms with Gasteiger partial charge in [-0.05, 0) is 61.6 Å². The highest BCUT2D eigenvalue weighted by Gasteiger charge is 2.40. The molecule has 2 saturated heterocycles. The fourth-order valence-corrected chi connectivity index (χ4v) is 5.87. The van der Waals surface area contributed by atoms with E-state index in [-0.39, 0.29) is 24.7 Å². The predicted octanol–water partition coefficient (Wildman–Crippen LogP) is -0.0376. The van der Waals surface area contributed by atoms with Crippen LogP contribution in [0.25, 0.3) is 0 Å². The van der Waals surface area contributed by atoms with E-state index in [1.807, 2.05) is 0 Å². The zero-order valence-corrected chi connectivity index (χ0v) is 29.2. The van der Waals surface area contributed by atoms with E-state index in [1.165, 1.54) is 17.0 Å². The molecule has 0 unspecified atom stereocenters. The van der Waals surface area contributed by atoms with Crippen LogP contribution in [0.4, 0.5) is 4.79 Å². The van der Waals surface area contributed by atoms with Gasteiger partial charge in [0.25, 0.3) is 0 Å². The molecule has 2 fully saturated rings. The van der Waals surface area contributed by atoms with E-state index in [2.05, 4.69) is 26.6 Å². The fourth-order valence-electron chi connectivity index (χ4n) is 5.87. The standard InChI is InChI=1S/C34H51N7O9/c1-19(2)27-32(47)37-24(18-26(35)43)30(45)40-28(20(3)4)33(48)41-15-8-9-25(41)31(46)36-14-6-5-7-16-50-34(49)38-23(29(44)39-27)17-21-10-12-22(42)13-11-21/h10-13,19-20,23-25,27-28,42H,5-9,14-18H2,1-4H3,(H2,35,43)(H,36,46)(H,37,47)(H,38,49)(H,39,44)(H,40,45)/t23-,24-,25-,27-,28-/m0/s1. The fraction of sp³-hybridized carbons (Fsp3) is 0.618. The van der Waals surface area contributed by atoms with Crippen LogP contribution in [0.5, 0.6) is 5.75 Å². The van der Waals surface area contributed by atoms with Crippen LogP contribution < -0.4 is 32.3 Å². The van der Waals surface area contributed by atoms with Gasteiger partial charge in [-0.3, -0.25) is 28.8 Å². The van der Waals surface area contributed by atoms with E-state index in [9.17, 15) is 38.7 Å². The summed E-state index contributed by atoms with van der Waals surface area (Å²) < 4.78 is 5.31. The molecule has 8 N–H and O–H groups in total. The van der Waals surface area contributed by atoms with Crippen LogP contribution in [0.15, 0.2) is 24.3 Å². The smallest absolute Gasteiger partial charge is 0.407 e. The van der Waals surface area contributed by atoms with Crippen molar-refractivity contribution in [1.82, 2.24) is 31.5 Å². The lowest BCUT2D eigenvalue weighted by molar-refractivity contribution is -0.143. The Morgan fingerprint density at radius 3 is 2.10 bits per heavy atom. The predicted molar refractivity (Wildman–Crippen MR) is 181 cm³/mol. The number of hydrogen-bond acceptors (Lipinski definition) is 9. The SMILES string of the molecule is CC(C)[C@@H]1NC(=O)[C@H](Cc2ccc(O)cc2)NC(=O)OCCCCCNC(=O)[C@@H]2CCCN2C(=O)[C@H](C(C)C)NC(=O)[C@H](CC(N)=O)NC1=O. The average molecular weight is 702 g/mol. The maximum absolute atomic E-state index is 13.8. The number of benzene rings is 1. The summed E-state index contributed by atoms with van der Waals surface area (Å²) in [6.07, 6.45) is 1.29. The van der Waals surface area contributed by atoms with E-state index >= 15 is 0 Å². The summed E-state index contributed by atoms with van der Waals surface area (Å²) in [5, 5.41) is 22.9. The van der Waals surface area contributed by atoms with Crippen molar-refractivity contribution in [3.05, 3.63) is 29.8 Å². The van der Waals surface area contributed by atoms with Gasteiger partial charge in [0.15, 0.2) is 0 Å². The van der Waals surface area contributed by atoms with Gasteiger partial charge < -0.3 is 47.1 Å². The van der Waals surface area contributed by atoms with Gasteiger partial charge in [0, 0.05) is 19.5 Å². The van der Waals surface area contributed by atoms with Gasteiger partial charge in [0.05, 0.1) is 13.0 Å². The second-order valence-corrected chi connectivity index (χ2v) is 13.4. The second-order valence-electron chi connectivity index (χ2n) is 13.4. The first-order chi connectivity index (χ1) is 23.7. The van der Waals surface area contributed by atoms with Gasteiger partial charge >= 0.3 is 6.09 Å². The Morgan fingerprint density at radius 2 is 1.46 bits per heavy atom. The third-order valence-corrected chi connectivity index (χ3v) is 8.69. The van der Waals surface area contributed by atoms with Crippen molar-refractivity contribution < 1.29 is 43.4 Å². The van der Waals surface area contributed by atoms with Gasteiger partial charge in [-0.15, -0.1) is 0 Å². The molecule has 2 heterocycles. The molecule has 276 valence electrons. The number of fused-ring (bicyclic) bond motifs is 1. The number of alkyl carbamates (subject to hydrolysis) is 1. The number of carbonyl (C=O) groups excluding carboxylic acids is 7. The minimum atomic E-state index is -1.49. The maximum Gasteiger partial charge on any atom is 0.407 e. The van der Waals surface area contributed by atoms with Gasteiger partial charge in [-0.1, -0.05) is 39.8 Å². The lowest BCUT2D eigenvalue weighted by atomic mass is 9.99. The Hall–Kier alpha value is -4.89. The summed E-state index contributed by atoms with van der Waals surface area (Å²) in [7, 11) is 0. The van der Waals surface area contributed by atoms with Crippen LogP contribution in [0.1, 0.15) is 71.8 Å². The van der Waals surface area contributed by atoms with Gasteiger partial charge in [0.1, 0.15) is 36.0 Å². The summed E-state index contributed by atoms with van der Waals surface area (Å²) in [4.78, 5) is 93.9.